The van der Waals surface area contributed by atoms with Gasteiger partial charge in [-0.1, -0.05) is 12.1 Å². The van der Waals surface area contributed by atoms with Crippen molar-refractivity contribution in [2.75, 3.05) is 5.32 Å². The number of amides is 1. The molecule has 6 nitrogen and oxygen atoms in total. The van der Waals surface area contributed by atoms with Crippen molar-refractivity contribution in [2.24, 2.45) is 0 Å². The molecule has 1 N–H and O–H groups in total. The number of pyridine rings is 1. The van der Waals surface area contributed by atoms with Crippen LogP contribution in [0.2, 0.25) is 0 Å². The number of anilines is 1. The first-order chi connectivity index (χ1) is 12.5. The zero-order valence-electron chi connectivity index (χ0n) is 13.3. The molecule has 0 saturated heterocycles. The molecule has 2 heterocycles. The number of hydrogen-bond acceptors (Lipinski definition) is 5. The second kappa shape index (κ2) is 7.44. The van der Waals surface area contributed by atoms with Gasteiger partial charge in [-0.2, -0.15) is 5.26 Å². The first kappa shape index (κ1) is 17.1. The van der Waals surface area contributed by atoms with Gasteiger partial charge < -0.3 is 5.32 Å². The Kier molecular flexibility index (Phi) is 4.90. The maximum absolute atomic E-state index is 13.2. The lowest BCUT2D eigenvalue weighted by molar-refractivity contribution is 0.102. The maximum Gasteiger partial charge on any atom is 0.277 e. The van der Waals surface area contributed by atoms with Crippen molar-refractivity contribution >= 4 is 11.7 Å². The van der Waals surface area contributed by atoms with Gasteiger partial charge in [0.1, 0.15) is 11.9 Å². The second-order valence-electron chi connectivity index (χ2n) is 5.35. The van der Waals surface area contributed by atoms with Crippen molar-refractivity contribution in [3.05, 3.63) is 82.8 Å². The molecule has 0 saturated carbocycles. The molecule has 128 valence electrons. The average molecular weight is 351 g/mol. The summed E-state index contributed by atoms with van der Waals surface area (Å²) in [6.07, 6.45) is 1.90. The quantitative estimate of drug-likeness (QED) is 0.780. The topological polar surface area (TPSA) is 91.6 Å². The van der Waals surface area contributed by atoms with Crippen LogP contribution in [0.5, 0.6) is 0 Å². The summed E-state index contributed by atoms with van der Waals surface area (Å²) in [5.74, 6) is -2.00. The Hall–Kier alpha value is -3.73. The highest BCUT2D eigenvalue weighted by Gasteiger charge is 2.10. The lowest BCUT2D eigenvalue weighted by Gasteiger charge is -2.06. The average Bonchev–Trinajstić information content (AvgIpc) is 2.66. The number of nitriles is 1. The molecule has 3 rings (SSSR count). The van der Waals surface area contributed by atoms with E-state index in [0.717, 1.165) is 17.7 Å². The van der Waals surface area contributed by atoms with Crippen LogP contribution < -0.4 is 5.32 Å². The van der Waals surface area contributed by atoms with Crippen molar-refractivity contribution in [3.8, 4) is 6.07 Å². The van der Waals surface area contributed by atoms with Gasteiger partial charge in [-0.05, 0) is 47.9 Å². The molecule has 0 aliphatic rings. The molecule has 2 aromatic heterocycles. The van der Waals surface area contributed by atoms with Gasteiger partial charge in [-0.25, -0.2) is 13.8 Å². The Morgan fingerprint density at radius 2 is 1.85 bits per heavy atom. The third-order valence-electron chi connectivity index (χ3n) is 3.47. The fourth-order valence-electron chi connectivity index (χ4n) is 2.18. The number of nitrogens with zero attached hydrogens (tertiary/aromatic N) is 4. The first-order valence-electron chi connectivity index (χ1n) is 7.49. The van der Waals surface area contributed by atoms with Crippen molar-refractivity contribution in [1.29, 1.82) is 5.26 Å². The van der Waals surface area contributed by atoms with E-state index in [2.05, 4.69) is 20.5 Å². The molecule has 0 aliphatic heterocycles. The molecule has 1 amide bonds. The van der Waals surface area contributed by atoms with Gasteiger partial charge in [-0.3, -0.25) is 4.79 Å². The number of rotatable bonds is 4. The SMILES string of the molecule is N#Cc1ccc(C(=O)Nc2ccc(Cc3ccc(F)c(F)c3)cn2)nn1. The minimum absolute atomic E-state index is 0.0525. The molecule has 0 spiro atoms. The van der Waals surface area contributed by atoms with Crippen LogP contribution >= 0.6 is 0 Å². The minimum Gasteiger partial charge on any atom is -0.305 e. The lowest BCUT2D eigenvalue weighted by atomic mass is 10.1. The summed E-state index contributed by atoms with van der Waals surface area (Å²) in [5.41, 5.74) is 1.54. The summed E-state index contributed by atoms with van der Waals surface area (Å²) in [7, 11) is 0. The lowest BCUT2D eigenvalue weighted by Crippen LogP contribution is -2.15. The molecule has 0 radical (unpaired) electrons. The molecule has 0 bridgehead atoms. The Labute approximate surface area is 147 Å². The van der Waals surface area contributed by atoms with Gasteiger partial charge in [0.05, 0.1) is 0 Å². The van der Waals surface area contributed by atoms with Crippen LogP contribution in [-0.2, 0) is 6.42 Å². The third-order valence-corrected chi connectivity index (χ3v) is 3.47. The molecule has 1 aromatic carbocycles. The van der Waals surface area contributed by atoms with Crippen molar-refractivity contribution in [2.45, 2.75) is 6.42 Å². The highest BCUT2D eigenvalue weighted by Crippen LogP contribution is 2.14. The number of nitrogens with one attached hydrogen (secondary N) is 1. The highest BCUT2D eigenvalue weighted by atomic mass is 19.2. The van der Waals surface area contributed by atoms with Gasteiger partial charge >= 0.3 is 0 Å². The Morgan fingerprint density at radius 1 is 1.04 bits per heavy atom. The Bertz CT molecular complexity index is 982. The Morgan fingerprint density at radius 3 is 2.46 bits per heavy atom. The van der Waals surface area contributed by atoms with Crippen LogP contribution in [0.3, 0.4) is 0 Å². The highest BCUT2D eigenvalue weighted by molar-refractivity contribution is 6.02. The predicted molar refractivity (Wildman–Crippen MR) is 88.1 cm³/mol. The van der Waals surface area contributed by atoms with Crippen LogP contribution in [0.4, 0.5) is 14.6 Å². The molecule has 0 atom stereocenters. The summed E-state index contributed by atoms with van der Waals surface area (Å²) in [6.45, 7) is 0. The zero-order valence-corrected chi connectivity index (χ0v) is 13.3. The van der Waals surface area contributed by atoms with Crippen LogP contribution in [0.1, 0.15) is 27.3 Å². The number of halogens is 2. The van der Waals surface area contributed by atoms with E-state index in [0.29, 0.717) is 17.8 Å². The van der Waals surface area contributed by atoms with Crippen molar-refractivity contribution in [3.63, 3.8) is 0 Å². The first-order valence-corrected chi connectivity index (χ1v) is 7.49. The standard InChI is InChI=1S/C18H11F2N5O/c19-14-4-1-11(8-15(14)20)7-12-2-6-17(22-10-12)23-18(26)16-5-3-13(9-21)24-25-16/h1-6,8,10H,7H2,(H,22,23,26). The number of benzene rings is 1. The molecule has 26 heavy (non-hydrogen) atoms. The predicted octanol–water partition coefficient (Wildman–Crippen LogP) is 2.86. The van der Waals surface area contributed by atoms with Crippen molar-refractivity contribution in [1.82, 2.24) is 15.2 Å². The summed E-state index contributed by atoms with van der Waals surface area (Å²) in [6, 6.07) is 11.6. The van der Waals surface area contributed by atoms with Gasteiger partial charge in [0.15, 0.2) is 23.0 Å². The fourth-order valence-corrected chi connectivity index (χ4v) is 2.18. The molecule has 0 fully saturated rings. The van der Waals surface area contributed by atoms with Gasteiger partial charge in [0, 0.05) is 6.20 Å². The van der Waals surface area contributed by atoms with E-state index in [-0.39, 0.29) is 11.4 Å². The summed E-state index contributed by atoms with van der Waals surface area (Å²) < 4.78 is 26.2. The number of hydrogen-bond donors (Lipinski definition) is 1. The molecular weight excluding hydrogens is 340 g/mol. The van der Waals surface area contributed by atoms with E-state index >= 15 is 0 Å². The largest absolute Gasteiger partial charge is 0.305 e. The monoisotopic (exact) mass is 351 g/mol. The maximum atomic E-state index is 13.2. The van der Waals surface area contributed by atoms with Crippen LogP contribution in [0.25, 0.3) is 0 Å². The fraction of sp³-hybridized carbons (Fsp3) is 0.0556. The molecule has 0 aliphatic carbocycles. The van der Waals surface area contributed by atoms with Crippen LogP contribution in [0.15, 0.2) is 48.7 Å². The molecule has 8 heteroatoms. The number of aromatic nitrogens is 3. The summed E-state index contributed by atoms with van der Waals surface area (Å²) in [4.78, 5) is 16.2. The number of carbonyl (C=O) groups excluding carboxylic acids is 1. The van der Waals surface area contributed by atoms with E-state index in [1.165, 1.54) is 24.4 Å². The third kappa shape index (κ3) is 4.02. The van der Waals surface area contributed by atoms with E-state index in [4.69, 9.17) is 5.26 Å². The molecule has 3 aromatic rings. The minimum atomic E-state index is -0.900. The number of carbonyl (C=O) groups is 1. The normalized spacial score (nSPS) is 10.2. The van der Waals surface area contributed by atoms with E-state index < -0.39 is 17.5 Å². The smallest absolute Gasteiger partial charge is 0.277 e. The van der Waals surface area contributed by atoms with Gasteiger partial charge in [0.2, 0.25) is 0 Å². The van der Waals surface area contributed by atoms with E-state index in [1.807, 2.05) is 6.07 Å². The molecule has 0 unspecified atom stereocenters. The van der Waals surface area contributed by atoms with Crippen LogP contribution in [-0.4, -0.2) is 21.1 Å². The summed E-state index contributed by atoms with van der Waals surface area (Å²) >= 11 is 0. The van der Waals surface area contributed by atoms with Gasteiger partial charge in [0.25, 0.3) is 5.91 Å². The van der Waals surface area contributed by atoms with E-state index in [9.17, 15) is 13.6 Å². The van der Waals surface area contributed by atoms with Crippen LogP contribution in [0, 0.1) is 23.0 Å². The van der Waals surface area contributed by atoms with Crippen molar-refractivity contribution < 1.29 is 13.6 Å². The molecular formula is C18H11F2N5O. The zero-order chi connectivity index (χ0) is 18.5. The summed E-state index contributed by atoms with van der Waals surface area (Å²) in [5, 5.41) is 18.5. The van der Waals surface area contributed by atoms with Gasteiger partial charge in [-0.15, -0.1) is 10.2 Å². The second-order valence-corrected chi connectivity index (χ2v) is 5.35. The van der Waals surface area contributed by atoms with E-state index in [1.54, 1.807) is 12.1 Å². The Balaban J connectivity index is 1.66.